The van der Waals surface area contributed by atoms with Crippen molar-refractivity contribution in [3.8, 4) is 0 Å². The number of fused-ring (bicyclic) bond motifs is 2. The molecule has 4 rings (SSSR count). The summed E-state index contributed by atoms with van der Waals surface area (Å²) in [7, 11) is 0. The first-order valence-corrected chi connectivity index (χ1v) is 8.62. The fraction of sp³-hybridized carbons (Fsp3) is 0.200. The zero-order chi connectivity index (χ0) is 19.1. The number of amides is 1. The summed E-state index contributed by atoms with van der Waals surface area (Å²) < 4.78 is 27.4. The van der Waals surface area contributed by atoms with E-state index in [1.807, 2.05) is 24.3 Å². The Bertz CT molecular complexity index is 1110. The highest BCUT2D eigenvalue weighted by Crippen LogP contribution is 2.35. The third kappa shape index (κ3) is 2.80. The molecule has 2 aromatic carbocycles. The zero-order valence-corrected chi connectivity index (χ0v) is 14.3. The van der Waals surface area contributed by atoms with Crippen molar-refractivity contribution in [1.82, 2.24) is 4.98 Å². The summed E-state index contributed by atoms with van der Waals surface area (Å²) in [5.74, 6) is -2.12. The SMILES string of the molecule is NCC1CCN(C(=O)c2c[nH]c3c(F)cc(F)cc3c2=O)c2ccccc21. The lowest BCUT2D eigenvalue weighted by Crippen LogP contribution is -2.40. The van der Waals surface area contributed by atoms with Gasteiger partial charge in [0, 0.05) is 24.5 Å². The Balaban J connectivity index is 1.82. The molecule has 1 amide bonds. The van der Waals surface area contributed by atoms with Gasteiger partial charge in [0.1, 0.15) is 17.2 Å². The highest BCUT2D eigenvalue weighted by atomic mass is 19.1. The molecule has 0 bridgehead atoms. The number of nitrogens with zero attached hydrogens (tertiary/aromatic N) is 1. The minimum atomic E-state index is -0.879. The molecule has 0 spiro atoms. The van der Waals surface area contributed by atoms with Crippen LogP contribution in [0.5, 0.6) is 0 Å². The number of nitrogens with two attached hydrogens (primary N) is 1. The second-order valence-electron chi connectivity index (χ2n) is 6.58. The van der Waals surface area contributed by atoms with E-state index in [1.165, 1.54) is 11.1 Å². The number of H-pyrrole nitrogens is 1. The number of benzene rings is 2. The number of hydrogen-bond donors (Lipinski definition) is 2. The molecule has 1 aliphatic heterocycles. The van der Waals surface area contributed by atoms with Crippen molar-refractivity contribution in [2.75, 3.05) is 18.0 Å². The van der Waals surface area contributed by atoms with Crippen LogP contribution < -0.4 is 16.1 Å². The maximum Gasteiger partial charge on any atom is 0.263 e. The molecular weight excluding hydrogens is 352 g/mol. The Morgan fingerprint density at radius 1 is 1.26 bits per heavy atom. The number of aromatic amines is 1. The lowest BCUT2D eigenvalue weighted by Gasteiger charge is -2.33. The Morgan fingerprint density at radius 3 is 2.81 bits per heavy atom. The van der Waals surface area contributed by atoms with Gasteiger partial charge in [0.2, 0.25) is 5.43 Å². The molecule has 3 N–H and O–H groups in total. The Kier molecular flexibility index (Phi) is 4.24. The molecule has 138 valence electrons. The first kappa shape index (κ1) is 17.4. The molecular formula is C20H17F2N3O2. The van der Waals surface area contributed by atoms with E-state index >= 15 is 0 Å². The first-order chi connectivity index (χ1) is 13.0. The fourth-order valence-electron chi connectivity index (χ4n) is 3.65. The summed E-state index contributed by atoms with van der Waals surface area (Å²) in [6, 6.07) is 9.04. The number of pyridine rings is 1. The number of carbonyl (C=O) groups is 1. The number of carbonyl (C=O) groups excluding carboxylic acids is 1. The number of aromatic nitrogens is 1. The first-order valence-electron chi connectivity index (χ1n) is 8.62. The van der Waals surface area contributed by atoms with Gasteiger partial charge < -0.3 is 15.6 Å². The highest BCUT2D eigenvalue weighted by molar-refractivity contribution is 6.08. The van der Waals surface area contributed by atoms with Gasteiger partial charge in [-0.05, 0) is 36.6 Å². The van der Waals surface area contributed by atoms with Crippen LogP contribution in [-0.2, 0) is 0 Å². The summed E-state index contributed by atoms with van der Waals surface area (Å²) in [6.45, 7) is 0.876. The fourth-order valence-corrected chi connectivity index (χ4v) is 3.65. The number of hydrogen-bond acceptors (Lipinski definition) is 3. The molecule has 5 nitrogen and oxygen atoms in total. The molecule has 0 fully saturated rings. The normalized spacial score (nSPS) is 16.4. The van der Waals surface area contributed by atoms with Gasteiger partial charge >= 0.3 is 0 Å². The van der Waals surface area contributed by atoms with Crippen molar-refractivity contribution in [2.45, 2.75) is 12.3 Å². The van der Waals surface area contributed by atoms with E-state index in [4.69, 9.17) is 5.73 Å². The number of halogens is 2. The van der Waals surface area contributed by atoms with E-state index in [0.717, 1.165) is 11.6 Å². The molecule has 1 atom stereocenters. The number of para-hydroxylation sites is 1. The smallest absolute Gasteiger partial charge is 0.263 e. The van der Waals surface area contributed by atoms with Crippen LogP contribution in [0.25, 0.3) is 10.9 Å². The number of rotatable bonds is 2. The second-order valence-corrected chi connectivity index (χ2v) is 6.58. The van der Waals surface area contributed by atoms with E-state index in [2.05, 4.69) is 4.98 Å². The summed E-state index contributed by atoms with van der Waals surface area (Å²) in [4.78, 5) is 29.9. The molecule has 27 heavy (non-hydrogen) atoms. The van der Waals surface area contributed by atoms with Gasteiger partial charge in [0.25, 0.3) is 5.91 Å². The van der Waals surface area contributed by atoms with Gasteiger partial charge in [-0.2, -0.15) is 0 Å². The van der Waals surface area contributed by atoms with Crippen LogP contribution in [0.4, 0.5) is 14.5 Å². The standard InChI is InChI=1S/C20H17F2N3O2/c21-12-7-14-18(16(22)8-12)24-10-15(19(14)26)20(27)25-6-5-11(9-23)13-3-1-2-4-17(13)25/h1-4,7-8,10-11H,5-6,9,23H2,(H,24,26). The summed E-state index contributed by atoms with van der Waals surface area (Å²) >= 11 is 0. The van der Waals surface area contributed by atoms with Crippen LogP contribution in [0, 0.1) is 11.6 Å². The maximum atomic E-state index is 13.9. The molecule has 1 unspecified atom stereocenters. The second kappa shape index (κ2) is 6.59. The van der Waals surface area contributed by atoms with Gasteiger partial charge in [-0.3, -0.25) is 9.59 Å². The van der Waals surface area contributed by atoms with Gasteiger partial charge in [-0.25, -0.2) is 8.78 Å². The molecule has 0 saturated carbocycles. The largest absolute Gasteiger partial charge is 0.358 e. The predicted octanol–water partition coefficient (Wildman–Crippen LogP) is 2.90. The van der Waals surface area contributed by atoms with Crippen LogP contribution in [0.1, 0.15) is 28.3 Å². The van der Waals surface area contributed by atoms with E-state index in [9.17, 15) is 18.4 Å². The van der Waals surface area contributed by atoms with Crippen molar-refractivity contribution in [2.24, 2.45) is 5.73 Å². The molecule has 2 heterocycles. The van der Waals surface area contributed by atoms with Crippen molar-refractivity contribution in [1.29, 1.82) is 0 Å². The van der Waals surface area contributed by atoms with Crippen LogP contribution >= 0.6 is 0 Å². The zero-order valence-electron chi connectivity index (χ0n) is 14.3. The van der Waals surface area contributed by atoms with Crippen molar-refractivity contribution >= 4 is 22.5 Å². The van der Waals surface area contributed by atoms with E-state index in [-0.39, 0.29) is 22.4 Å². The van der Waals surface area contributed by atoms with Crippen LogP contribution in [0.15, 0.2) is 47.4 Å². The third-order valence-corrected chi connectivity index (χ3v) is 5.03. The molecule has 7 heteroatoms. The minimum Gasteiger partial charge on any atom is -0.358 e. The van der Waals surface area contributed by atoms with Crippen molar-refractivity contribution in [3.63, 3.8) is 0 Å². The summed E-state index contributed by atoms with van der Waals surface area (Å²) in [5.41, 5.74) is 6.50. The average Bonchev–Trinajstić information content (AvgIpc) is 2.67. The molecule has 0 aliphatic carbocycles. The van der Waals surface area contributed by atoms with E-state index in [1.54, 1.807) is 0 Å². The quantitative estimate of drug-likeness (QED) is 0.729. The Labute approximate surface area is 153 Å². The summed E-state index contributed by atoms with van der Waals surface area (Å²) in [6.07, 6.45) is 1.86. The Morgan fingerprint density at radius 2 is 2.04 bits per heavy atom. The maximum absolute atomic E-state index is 13.9. The lowest BCUT2D eigenvalue weighted by atomic mass is 9.89. The van der Waals surface area contributed by atoms with Crippen LogP contribution in [0.3, 0.4) is 0 Å². The molecule has 1 aromatic heterocycles. The van der Waals surface area contributed by atoms with Gasteiger partial charge in [-0.15, -0.1) is 0 Å². The molecule has 1 aliphatic rings. The monoisotopic (exact) mass is 369 g/mol. The van der Waals surface area contributed by atoms with Gasteiger partial charge in [0.05, 0.1) is 10.9 Å². The van der Waals surface area contributed by atoms with Crippen molar-refractivity contribution in [3.05, 3.63) is 75.6 Å². The minimum absolute atomic E-state index is 0.125. The van der Waals surface area contributed by atoms with Crippen LogP contribution in [0.2, 0.25) is 0 Å². The van der Waals surface area contributed by atoms with Gasteiger partial charge in [-0.1, -0.05) is 18.2 Å². The third-order valence-electron chi connectivity index (χ3n) is 5.03. The molecule has 0 radical (unpaired) electrons. The topological polar surface area (TPSA) is 79.2 Å². The average molecular weight is 369 g/mol. The van der Waals surface area contributed by atoms with Crippen molar-refractivity contribution < 1.29 is 13.6 Å². The van der Waals surface area contributed by atoms with E-state index in [0.29, 0.717) is 31.3 Å². The molecule has 0 saturated heterocycles. The summed E-state index contributed by atoms with van der Waals surface area (Å²) in [5, 5.41) is -0.191. The van der Waals surface area contributed by atoms with E-state index < -0.39 is 23.0 Å². The predicted molar refractivity (Wildman–Crippen MR) is 99.0 cm³/mol. The molecule has 3 aromatic rings. The Hall–Kier alpha value is -3.06. The highest BCUT2D eigenvalue weighted by Gasteiger charge is 2.29. The lowest BCUT2D eigenvalue weighted by molar-refractivity contribution is 0.0983. The number of anilines is 1. The van der Waals surface area contributed by atoms with Crippen LogP contribution in [-0.4, -0.2) is 24.0 Å². The van der Waals surface area contributed by atoms with Gasteiger partial charge in [0.15, 0.2) is 0 Å². The number of nitrogens with one attached hydrogen (secondary N) is 1.